The number of aromatic nitrogens is 5. The van der Waals surface area contributed by atoms with E-state index < -0.39 is 22.7 Å². The van der Waals surface area contributed by atoms with Crippen molar-refractivity contribution in [2.45, 2.75) is 57.5 Å². The monoisotopic (exact) mass is 499 g/mol. The molecule has 37 heavy (non-hydrogen) atoms. The van der Waals surface area contributed by atoms with Crippen molar-refractivity contribution in [1.82, 2.24) is 25.1 Å². The van der Waals surface area contributed by atoms with Crippen molar-refractivity contribution in [3.63, 3.8) is 0 Å². The summed E-state index contributed by atoms with van der Waals surface area (Å²) >= 11 is 0. The SMILES string of the molecule is CC(C)(O)c1ccc(-c2nccc([C@]34CC[C@@H](c5cc(-c6c(F)cccc6F)nnc53)C4(C)C)n2)cn1. The zero-order valence-electron chi connectivity index (χ0n) is 21.1. The Labute approximate surface area is 213 Å². The van der Waals surface area contributed by atoms with Crippen molar-refractivity contribution in [1.29, 1.82) is 0 Å². The second-order valence-corrected chi connectivity index (χ2v) is 11.1. The van der Waals surface area contributed by atoms with Gasteiger partial charge in [-0.3, -0.25) is 4.98 Å². The first kappa shape index (κ1) is 23.7. The summed E-state index contributed by atoms with van der Waals surface area (Å²) in [7, 11) is 0. The van der Waals surface area contributed by atoms with Gasteiger partial charge in [-0.1, -0.05) is 19.9 Å². The van der Waals surface area contributed by atoms with Gasteiger partial charge in [0.2, 0.25) is 0 Å². The van der Waals surface area contributed by atoms with Gasteiger partial charge in [-0.05, 0) is 80.0 Å². The van der Waals surface area contributed by atoms with Crippen molar-refractivity contribution < 1.29 is 13.9 Å². The maximum absolute atomic E-state index is 14.5. The van der Waals surface area contributed by atoms with E-state index in [1.807, 2.05) is 12.1 Å². The zero-order valence-corrected chi connectivity index (χ0v) is 21.1. The molecule has 1 saturated carbocycles. The molecule has 2 atom stereocenters. The number of nitrogens with zero attached hydrogens (tertiary/aromatic N) is 5. The van der Waals surface area contributed by atoms with Gasteiger partial charge in [-0.2, -0.15) is 5.10 Å². The first-order chi connectivity index (χ1) is 17.5. The molecule has 4 aromatic rings. The number of hydrogen-bond donors (Lipinski definition) is 1. The molecule has 188 valence electrons. The highest BCUT2D eigenvalue weighted by Gasteiger charge is 2.65. The highest BCUT2D eigenvalue weighted by atomic mass is 19.1. The van der Waals surface area contributed by atoms with E-state index in [1.54, 1.807) is 38.4 Å². The minimum Gasteiger partial charge on any atom is -0.384 e. The first-order valence-corrected chi connectivity index (χ1v) is 12.4. The van der Waals surface area contributed by atoms with Crippen LogP contribution in [0.5, 0.6) is 0 Å². The standard InChI is InChI=1S/C29H27F2N5O/c1-27(2)18-10-12-29(27,25-17(18)14-21(35-36-25)24-19(30)6-5-7-20(24)31)23-11-13-32-26(34-23)16-8-9-22(33-15-16)28(3,4)37/h5-9,11,13-15,18,37H,10,12H2,1-4H3/t18-,29+/m0/s1. The summed E-state index contributed by atoms with van der Waals surface area (Å²) in [6, 6.07) is 11.2. The van der Waals surface area contributed by atoms with E-state index in [2.05, 4.69) is 34.0 Å². The van der Waals surface area contributed by atoms with Gasteiger partial charge in [0, 0.05) is 18.0 Å². The molecule has 3 aromatic heterocycles. The number of hydrogen-bond acceptors (Lipinski definition) is 6. The van der Waals surface area contributed by atoms with Crippen LogP contribution >= 0.6 is 0 Å². The van der Waals surface area contributed by atoms with E-state index in [0.29, 0.717) is 11.5 Å². The lowest BCUT2D eigenvalue weighted by Crippen LogP contribution is -2.38. The third-order valence-corrected chi connectivity index (χ3v) is 8.34. The van der Waals surface area contributed by atoms with Crippen LogP contribution in [0.3, 0.4) is 0 Å². The highest BCUT2D eigenvalue weighted by Crippen LogP contribution is 2.69. The van der Waals surface area contributed by atoms with Crippen molar-refractivity contribution in [2.24, 2.45) is 5.41 Å². The molecule has 0 spiro atoms. The van der Waals surface area contributed by atoms with Gasteiger partial charge in [0.15, 0.2) is 5.82 Å². The summed E-state index contributed by atoms with van der Waals surface area (Å²) in [4.78, 5) is 13.9. The lowest BCUT2D eigenvalue weighted by atomic mass is 9.66. The molecular weight excluding hydrogens is 472 g/mol. The number of benzene rings is 1. The van der Waals surface area contributed by atoms with Gasteiger partial charge >= 0.3 is 0 Å². The van der Waals surface area contributed by atoms with Crippen LogP contribution in [0.4, 0.5) is 8.78 Å². The van der Waals surface area contributed by atoms with E-state index in [4.69, 9.17) is 4.98 Å². The quantitative estimate of drug-likeness (QED) is 0.388. The van der Waals surface area contributed by atoms with Gasteiger partial charge in [0.1, 0.15) is 17.2 Å². The summed E-state index contributed by atoms with van der Waals surface area (Å²) < 4.78 is 29.0. The average molecular weight is 500 g/mol. The summed E-state index contributed by atoms with van der Waals surface area (Å²) in [6.45, 7) is 7.79. The Kier molecular flexibility index (Phi) is 5.08. The van der Waals surface area contributed by atoms with Crippen LogP contribution in [0.1, 0.15) is 69.1 Å². The third kappa shape index (κ3) is 3.35. The Morgan fingerprint density at radius 1 is 1.00 bits per heavy atom. The minimum absolute atomic E-state index is 0.151. The van der Waals surface area contributed by atoms with E-state index in [-0.39, 0.29) is 22.6 Å². The Bertz CT molecular complexity index is 1510. The Balaban J connectivity index is 1.46. The van der Waals surface area contributed by atoms with Gasteiger partial charge in [-0.25, -0.2) is 18.7 Å². The normalized spacial score (nSPS) is 21.8. The second kappa shape index (κ2) is 7.92. The summed E-state index contributed by atoms with van der Waals surface area (Å²) in [5.41, 5.74) is 2.19. The molecule has 1 N–H and O–H groups in total. The van der Waals surface area contributed by atoms with Crippen LogP contribution < -0.4 is 0 Å². The smallest absolute Gasteiger partial charge is 0.160 e. The summed E-state index contributed by atoms with van der Waals surface area (Å²) in [5, 5.41) is 19.1. The molecule has 6 nitrogen and oxygen atoms in total. The number of fused-ring (bicyclic) bond motifs is 5. The number of halogens is 2. The van der Waals surface area contributed by atoms with Crippen LogP contribution in [0.2, 0.25) is 0 Å². The lowest BCUT2D eigenvalue weighted by molar-refractivity contribution is 0.0739. The zero-order chi connectivity index (χ0) is 26.2. The van der Waals surface area contributed by atoms with E-state index >= 15 is 0 Å². The molecule has 1 aromatic carbocycles. The number of rotatable bonds is 4. The van der Waals surface area contributed by atoms with E-state index in [1.165, 1.54) is 18.2 Å². The molecule has 0 amide bonds. The second-order valence-electron chi connectivity index (χ2n) is 11.1. The Morgan fingerprint density at radius 2 is 1.76 bits per heavy atom. The topological polar surface area (TPSA) is 84.7 Å². The molecule has 0 radical (unpaired) electrons. The fourth-order valence-corrected chi connectivity index (χ4v) is 6.38. The van der Waals surface area contributed by atoms with Crippen LogP contribution in [0.25, 0.3) is 22.6 Å². The highest BCUT2D eigenvalue weighted by molar-refractivity contribution is 5.64. The molecule has 0 saturated heterocycles. The summed E-state index contributed by atoms with van der Waals surface area (Å²) in [6.07, 6.45) is 5.16. The lowest BCUT2D eigenvalue weighted by Gasteiger charge is -2.37. The van der Waals surface area contributed by atoms with Gasteiger partial charge < -0.3 is 5.11 Å². The van der Waals surface area contributed by atoms with Crippen molar-refractivity contribution in [2.75, 3.05) is 0 Å². The van der Waals surface area contributed by atoms with Crippen LogP contribution in [0, 0.1) is 17.0 Å². The molecule has 1 fully saturated rings. The van der Waals surface area contributed by atoms with Crippen LogP contribution in [-0.2, 0) is 11.0 Å². The Morgan fingerprint density at radius 3 is 2.43 bits per heavy atom. The van der Waals surface area contributed by atoms with Crippen molar-refractivity contribution in [3.05, 3.63) is 89.1 Å². The maximum Gasteiger partial charge on any atom is 0.160 e. The van der Waals surface area contributed by atoms with Crippen molar-refractivity contribution in [3.8, 4) is 22.6 Å². The number of pyridine rings is 1. The maximum atomic E-state index is 14.5. The van der Waals surface area contributed by atoms with E-state index in [0.717, 1.165) is 35.4 Å². The molecule has 0 aliphatic heterocycles. The third-order valence-electron chi connectivity index (χ3n) is 8.34. The molecule has 2 aliphatic carbocycles. The fourth-order valence-electron chi connectivity index (χ4n) is 6.38. The molecule has 6 rings (SSSR count). The fraction of sp³-hybridized carbons (Fsp3) is 0.345. The molecule has 2 bridgehead atoms. The van der Waals surface area contributed by atoms with Gasteiger partial charge in [-0.15, -0.1) is 5.10 Å². The molecule has 3 heterocycles. The van der Waals surface area contributed by atoms with Gasteiger partial charge in [0.25, 0.3) is 0 Å². The van der Waals surface area contributed by atoms with Crippen LogP contribution in [0.15, 0.2) is 54.9 Å². The molecular formula is C29H27F2N5O. The summed E-state index contributed by atoms with van der Waals surface area (Å²) in [5.74, 6) is -0.628. The van der Waals surface area contributed by atoms with Crippen LogP contribution in [-0.4, -0.2) is 30.3 Å². The van der Waals surface area contributed by atoms with Crippen molar-refractivity contribution >= 4 is 0 Å². The predicted molar refractivity (Wildman–Crippen MR) is 134 cm³/mol. The average Bonchev–Trinajstić information content (AvgIpc) is 3.24. The molecule has 0 unspecified atom stereocenters. The molecule has 2 aliphatic rings. The predicted octanol–water partition coefficient (Wildman–Crippen LogP) is 5.70. The molecule has 8 heteroatoms. The number of aliphatic hydroxyl groups is 1. The Hall–Kier alpha value is -3.65. The van der Waals surface area contributed by atoms with Gasteiger partial charge in [0.05, 0.1) is 33.8 Å². The largest absolute Gasteiger partial charge is 0.384 e. The first-order valence-electron chi connectivity index (χ1n) is 12.4. The van der Waals surface area contributed by atoms with E-state index in [9.17, 15) is 13.9 Å². The minimum atomic E-state index is -1.04.